The van der Waals surface area contributed by atoms with Crippen molar-refractivity contribution in [3.8, 4) is 0 Å². The quantitative estimate of drug-likeness (QED) is 0.745. The third-order valence-electron chi connectivity index (χ3n) is 4.40. The molecule has 1 aromatic carbocycles. The summed E-state index contributed by atoms with van der Waals surface area (Å²) in [6.45, 7) is 3.07. The number of alkyl halides is 2. The van der Waals surface area contributed by atoms with Gasteiger partial charge in [0, 0.05) is 25.0 Å². The predicted octanol–water partition coefficient (Wildman–Crippen LogP) is 4.57. The van der Waals surface area contributed by atoms with Crippen molar-refractivity contribution in [1.82, 2.24) is 14.5 Å². The Kier molecular flexibility index (Phi) is 4.76. The predicted molar refractivity (Wildman–Crippen MR) is 86.3 cm³/mol. The molecule has 1 fully saturated rings. The van der Waals surface area contributed by atoms with Crippen LogP contribution in [0.3, 0.4) is 0 Å². The van der Waals surface area contributed by atoms with Gasteiger partial charge < -0.3 is 0 Å². The van der Waals surface area contributed by atoms with Crippen molar-refractivity contribution in [1.29, 1.82) is 0 Å². The van der Waals surface area contributed by atoms with Crippen LogP contribution >= 0.6 is 0 Å². The van der Waals surface area contributed by atoms with Gasteiger partial charge >= 0.3 is 6.55 Å². The zero-order valence-corrected chi connectivity index (χ0v) is 13.6. The standard InChI is InChI=1S/C18H23F2N3/c1-13(2)15-5-3-14(4-6-15)11-22(16-7-8-16)12-17-21-9-10-23(17)18(19)20/h3-6,9-10,13,16,18H,7-8,11-12H2,1-2H3. The topological polar surface area (TPSA) is 21.1 Å². The first-order valence-electron chi connectivity index (χ1n) is 8.17. The summed E-state index contributed by atoms with van der Waals surface area (Å²) < 4.78 is 26.9. The Morgan fingerprint density at radius 2 is 1.87 bits per heavy atom. The average molecular weight is 319 g/mol. The molecule has 124 valence electrons. The summed E-state index contributed by atoms with van der Waals surface area (Å²) in [5.41, 5.74) is 2.54. The van der Waals surface area contributed by atoms with E-state index in [0.717, 1.165) is 24.0 Å². The molecular formula is C18H23F2N3. The minimum atomic E-state index is -2.53. The lowest BCUT2D eigenvalue weighted by Crippen LogP contribution is -2.27. The van der Waals surface area contributed by atoms with Crippen molar-refractivity contribution in [3.63, 3.8) is 0 Å². The largest absolute Gasteiger partial charge is 0.319 e. The Bertz CT molecular complexity index is 630. The fourth-order valence-corrected chi connectivity index (χ4v) is 2.82. The molecule has 3 rings (SSSR count). The lowest BCUT2D eigenvalue weighted by molar-refractivity contribution is 0.0633. The molecule has 0 spiro atoms. The number of rotatable bonds is 7. The lowest BCUT2D eigenvalue weighted by atomic mass is 10.0. The van der Waals surface area contributed by atoms with Crippen LogP contribution in [0.15, 0.2) is 36.7 Å². The third kappa shape index (κ3) is 3.96. The molecule has 3 nitrogen and oxygen atoms in total. The van der Waals surface area contributed by atoms with Crippen LogP contribution in [-0.4, -0.2) is 20.5 Å². The highest BCUT2D eigenvalue weighted by atomic mass is 19.3. The van der Waals surface area contributed by atoms with Gasteiger partial charge in [-0.2, -0.15) is 8.78 Å². The van der Waals surface area contributed by atoms with E-state index in [9.17, 15) is 8.78 Å². The Morgan fingerprint density at radius 3 is 2.43 bits per heavy atom. The third-order valence-corrected chi connectivity index (χ3v) is 4.40. The second-order valence-corrected chi connectivity index (χ2v) is 6.56. The number of hydrogen-bond donors (Lipinski definition) is 0. The van der Waals surface area contributed by atoms with Crippen LogP contribution in [-0.2, 0) is 13.1 Å². The van der Waals surface area contributed by atoms with Gasteiger partial charge in [-0.1, -0.05) is 38.1 Å². The summed E-state index contributed by atoms with van der Waals surface area (Å²) in [4.78, 5) is 6.36. The van der Waals surface area contributed by atoms with Gasteiger partial charge in [0.25, 0.3) is 0 Å². The number of imidazole rings is 1. The van der Waals surface area contributed by atoms with Crippen molar-refractivity contribution in [3.05, 3.63) is 53.6 Å². The molecule has 23 heavy (non-hydrogen) atoms. The van der Waals surface area contributed by atoms with Crippen LogP contribution in [0.25, 0.3) is 0 Å². The smallest absolute Gasteiger partial charge is 0.289 e. The molecule has 2 aromatic rings. The normalized spacial score (nSPS) is 15.1. The van der Waals surface area contributed by atoms with E-state index in [2.05, 4.69) is 48.0 Å². The highest BCUT2D eigenvalue weighted by Gasteiger charge is 2.30. The van der Waals surface area contributed by atoms with E-state index in [1.165, 1.54) is 23.5 Å². The van der Waals surface area contributed by atoms with Crippen LogP contribution in [0.1, 0.15) is 56.1 Å². The van der Waals surface area contributed by atoms with Crippen molar-refractivity contribution < 1.29 is 8.78 Å². The van der Waals surface area contributed by atoms with E-state index >= 15 is 0 Å². The highest BCUT2D eigenvalue weighted by Crippen LogP contribution is 2.30. The molecule has 0 aliphatic heterocycles. The monoisotopic (exact) mass is 319 g/mol. The number of aromatic nitrogens is 2. The van der Waals surface area contributed by atoms with Crippen LogP contribution < -0.4 is 0 Å². The molecule has 5 heteroatoms. The van der Waals surface area contributed by atoms with Gasteiger partial charge in [0.1, 0.15) is 5.82 Å². The summed E-state index contributed by atoms with van der Waals surface area (Å²) >= 11 is 0. The summed E-state index contributed by atoms with van der Waals surface area (Å²) in [7, 11) is 0. The van der Waals surface area contributed by atoms with Gasteiger partial charge in [-0.25, -0.2) is 4.98 Å². The molecule has 0 amide bonds. The minimum Gasteiger partial charge on any atom is -0.289 e. The zero-order valence-electron chi connectivity index (χ0n) is 13.6. The molecule has 0 saturated heterocycles. The van der Waals surface area contributed by atoms with Gasteiger partial charge in [0.2, 0.25) is 0 Å². The van der Waals surface area contributed by atoms with Crippen molar-refractivity contribution in [2.24, 2.45) is 0 Å². The molecule has 1 saturated carbocycles. The van der Waals surface area contributed by atoms with E-state index < -0.39 is 6.55 Å². The maximum atomic E-state index is 13.0. The van der Waals surface area contributed by atoms with Gasteiger partial charge in [0.15, 0.2) is 0 Å². The molecule has 0 N–H and O–H groups in total. The Labute approximate surface area is 135 Å². The van der Waals surface area contributed by atoms with E-state index in [-0.39, 0.29) is 0 Å². The fourth-order valence-electron chi connectivity index (χ4n) is 2.82. The van der Waals surface area contributed by atoms with Gasteiger partial charge in [-0.05, 0) is 29.9 Å². The average Bonchev–Trinajstić information content (AvgIpc) is 3.26. The molecule has 0 bridgehead atoms. The molecule has 0 atom stereocenters. The molecule has 0 radical (unpaired) electrons. The van der Waals surface area contributed by atoms with Crippen molar-refractivity contribution >= 4 is 0 Å². The second kappa shape index (κ2) is 6.79. The molecule has 1 heterocycles. The Balaban J connectivity index is 1.71. The van der Waals surface area contributed by atoms with E-state index in [4.69, 9.17) is 0 Å². The summed E-state index contributed by atoms with van der Waals surface area (Å²) in [6, 6.07) is 9.09. The van der Waals surface area contributed by atoms with Crippen LogP contribution in [0.4, 0.5) is 8.78 Å². The highest BCUT2D eigenvalue weighted by molar-refractivity contribution is 5.24. The van der Waals surface area contributed by atoms with Crippen molar-refractivity contribution in [2.45, 2.75) is 58.3 Å². The van der Waals surface area contributed by atoms with E-state index in [1.807, 2.05) is 0 Å². The first kappa shape index (κ1) is 16.1. The van der Waals surface area contributed by atoms with Crippen LogP contribution in [0, 0.1) is 0 Å². The van der Waals surface area contributed by atoms with Gasteiger partial charge in [-0.3, -0.25) is 9.47 Å². The fraction of sp³-hybridized carbons (Fsp3) is 0.500. The maximum absolute atomic E-state index is 13.0. The first-order chi connectivity index (χ1) is 11.0. The molecule has 1 aliphatic rings. The number of hydrogen-bond acceptors (Lipinski definition) is 2. The summed E-state index contributed by atoms with van der Waals surface area (Å²) in [5, 5.41) is 0. The maximum Gasteiger partial charge on any atom is 0.319 e. The molecule has 1 aliphatic carbocycles. The minimum absolute atomic E-state index is 0.436. The summed E-state index contributed by atoms with van der Waals surface area (Å²) in [5.74, 6) is 0.952. The number of halogens is 2. The lowest BCUT2D eigenvalue weighted by Gasteiger charge is -2.22. The first-order valence-corrected chi connectivity index (χ1v) is 8.17. The van der Waals surface area contributed by atoms with Crippen molar-refractivity contribution in [2.75, 3.05) is 0 Å². The number of benzene rings is 1. The number of nitrogens with zero attached hydrogens (tertiary/aromatic N) is 3. The Morgan fingerprint density at radius 1 is 1.17 bits per heavy atom. The van der Waals surface area contributed by atoms with E-state index in [1.54, 1.807) is 0 Å². The molecular weight excluding hydrogens is 296 g/mol. The van der Waals surface area contributed by atoms with Gasteiger partial charge in [-0.15, -0.1) is 0 Å². The van der Waals surface area contributed by atoms with Crippen LogP contribution in [0.5, 0.6) is 0 Å². The molecule has 0 unspecified atom stereocenters. The second-order valence-electron chi connectivity index (χ2n) is 6.56. The SMILES string of the molecule is CC(C)c1ccc(CN(Cc2nccn2C(F)F)C2CC2)cc1. The van der Waals surface area contributed by atoms with Gasteiger partial charge in [0.05, 0.1) is 6.54 Å². The van der Waals surface area contributed by atoms with Crippen LogP contribution in [0.2, 0.25) is 0 Å². The zero-order chi connectivity index (χ0) is 16.4. The summed E-state index contributed by atoms with van der Waals surface area (Å²) in [6.07, 6.45) is 5.07. The Hall–Kier alpha value is -1.75. The molecule has 1 aromatic heterocycles. The van der Waals surface area contributed by atoms with E-state index in [0.29, 0.717) is 24.3 Å².